The number of carbonyl (C=O) groups is 2. The first-order valence-corrected chi connectivity index (χ1v) is 9.05. The fourth-order valence-electron chi connectivity index (χ4n) is 2.53. The van der Waals surface area contributed by atoms with E-state index in [-0.39, 0.29) is 25.0 Å². The van der Waals surface area contributed by atoms with E-state index in [1.807, 2.05) is 57.2 Å². The third kappa shape index (κ3) is 5.88. The molecule has 0 heterocycles. The molecule has 0 aliphatic heterocycles. The van der Waals surface area contributed by atoms with Crippen molar-refractivity contribution in [1.82, 2.24) is 4.90 Å². The predicted octanol–water partition coefficient (Wildman–Crippen LogP) is 3.85. The first kappa shape index (κ1) is 20.0. The van der Waals surface area contributed by atoms with Crippen LogP contribution in [0.1, 0.15) is 16.7 Å². The Morgan fingerprint density at radius 2 is 1.73 bits per heavy atom. The van der Waals surface area contributed by atoms with Gasteiger partial charge in [0.05, 0.1) is 6.54 Å². The summed E-state index contributed by atoms with van der Waals surface area (Å²) in [6.07, 6.45) is 0. The maximum Gasteiger partial charge on any atom is 0.260 e. The van der Waals surface area contributed by atoms with Gasteiger partial charge in [0.25, 0.3) is 5.91 Å². The first-order valence-electron chi connectivity index (χ1n) is 8.25. The minimum Gasteiger partial charge on any atom is -0.484 e. The number of halogens is 1. The van der Waals surface area contributed by atoms with Crippen LogP contribution in [0.15, 0.2) is 40.9 Å². The van der Waals surface area contributed by atoms with Crippen molar-refractivity contribution in [3.63, 3.8) is 0 Å². The molecule has 2 rings (SSSR count). The quantitative estimate of drug-likeness (QED) is 0.774. The molecule has 0 aliphatic carbocycles. The second kappa shape index (κ2) is 8.85. The summed E-state index contributed by atoms with van der Waals surface area (Å²) in [5.74, 6) is 0.142. The van der Waals surface area contributed by atoms with Crippen molar-refractivity contribution in [2.75, 3.05) is 25.5 Å². The van der Waals surface area contributed by atoms with E-state index in [1.165, 1.54) is 4.90 Å². The number of ether oxygens (including phenoxy) is 1. The van der Waals surface area contributed by atoms with E-state index in [2.05, 4.69) is 21.2 Å². The van der Waals surface area contributed by atoms with Crippen LogP contribution in [-0.4, -0.2) is 36.9 Å². The summed E-state index contributed by atoms with van der Waals surface area (Å²) in [4.78, 5) is 25.7. The van der Waals surface area contributed by atoms with E-state index < -0.39 is 0 Å². The Kier molecular flexibility index (Phi) is 6.80. The number of rotatable bonds is 6. The second-order valence-corrected chi connectivity index (χ2v) is 7.28. The van der Waals surface area contributed by atoms with Gasteiger partial charge in [-0.1, -0.05) is 22.0 Å². The van der Waals surface area contributed by atoms with Gasteiger partial charge in [-0.25, -0.2) is 0 Å². The third-order valence-corrected chi connectivity index (χ3v) is 4.32. The van der Waals surface area contributed by atoms with E-state index in [9.17, 15) is 9.59 Å². The van der Waals surface area contributed by atoms with Gasteiger partial charge < -0.3 is 15.0 Å². The molecule has 0 aliphatic rings. The minimum absolute atomic E-state index is 0.0372. The minimum atomic E-state index is -0.258. The molecule has 26 heavy (non-hydrogen) atoms. The SMILES string of the molecule is Cc1cc(C)cc(OCC(=O)N(C)CC(=O)Nc2ccc(Br)cc2C)c1. The number of likely N-dealkylation sites (N-methyl/N-ethyl adjacent to an activating group) is 1. The molecule has 138 valence electrons. The summed E-state index contributed by atoms with van der Waals surface area (Å²) in [5, 5.41) is 2.82. The van der Waals surface area contributed by atoms with Crippen LogP contribution in [0.2, 0.25) is 0 Å². The van der Waals surface area contributed by atoms with Crippen LogP contribution < -0.4 is 10.1 Å². The molecule has 2 aromatic rings. The molecule has 2 amide bonds. The number of nitrogens with zero attached hydrogens (tertiary/aromatic N) is 1. The van der Waals surface area contributed by atoms with Gasteiger partial charge in [0.1, 0.15) is 5.75 Å². The van der Waals surface area contributed by atoms with Crippen LogP contribution in [0.5, 0.6) is 5.75 Å². The van der Waals surface area contributed by atoms with Crippen LogP contribution >= 0.6 is 15.9 Å². The summed E-state index contributed by atoms with van der Waals surface area (Å²) in [5.41, 5.74) is 3.82. The Bertz CT molecular complexity index is 800. The van der Waals surface area contributed by atoms with E-state index in [0.29, 0.717) is 5.75 Å². The highest BCUT2D eigenvalue weighted by molar-refractivity contribution is 9.10. The molecule has 5 nitrogen and oxygen atoms in total. The Morgan fingerprint density at radius 1 is 1.08 bits per heavy atom. The summed E-state index contributed by atoms with van der Waals surface area (Å²) in [6.45, 7) is 5.71. The Balaban J connectivity index is 1.86. The summed E-state index contributed by atoms with van der Waals surface area (Å²) >= 11 is 3.39. The van der Waals surface area contributed by atoms with Crippen molar-refractivity contribution in [2.45, 2.75) is 20.8 Å². The molecule has 0 bridgehead atoms. The number of hydrogen-bond donors (Lipinski definition) is 1. The molecule has 6 heteroatoms. The molecule has 0 unspecified atom stereocenters. The number of nitrogens with one attached hydrogen (secondary N) is 1. The molecule has 0 spiro atoms. The highest BCUT2D eigenvalue weighted by atomic mass is 79.9. The highest BCUT2D eigenvalue weighted by Gasteiger charge is 2.14. The lowest BCUT2D eigenvalue weighted by atomic mass is 10.1. The third-order valence-electron chi connectivity index (χ3n) is 3.83. The predicted molar refractivity (Wildman–Crippen MR) is 107 cm³/mol. The van der Waals surface area contributed by atoms with E-state index >= 15 is 0 Å². The fraction of sp³-hybridized carbons (Fsp3) is 0.300. The molecule has 0 saturated heterocycles. The van der Waals surface area contributed by atoms with E-state index in [1.54, 1.807) is 7.05 Å². The van der Waals surface area contributed by atoms with E-state index in [4.69, 9.17) is 4.74 Å². The first-order chi connectivity index (χ1) is 12.2. The molecule has 0 atom stereocenters. The van der Waals surface area contributed by atoms with Crippen LogP contribution in [-0.2, 0) is 9.59 Å². The van der Waals surface area contributed by atoms with Gasteiger partial charge in [-0.05, 0) is 67.8 Å². The maximum atomic E-state index is 12.2. The molecule has 0 radical (unpaired) electrons. The van der Waals surface area contributed by atoms with Crippen molar-refractivity contribution in [3.8, 4) is 5.75 Å². The molecule has 1 N–H and O–H groups in total. The van der Waals surface area contributed by atoms with Gasteiger partial charge in [0.2, 0.25) is 5.91 Å². The molecular weight excluding hydrogens is 396 g/mol. The van der Waals surface area contributed by atoms with Crippen molar-refractivity contribution in [1.29, 1.82) is 0 Å². The Morgan fingerprint density at radius 3 is 2.35 bits per heavy atom. The Labute approximate surface area is 162 Å². The largest absolute Gasteiger partial charge is 0.484 e. The maximum absolute atomic E-state index is 12.2. The standard InChI is InChI=1S/C20H23BrN2O3/c1-13-7-14(2)9-17(8-13)26-12-20(25)23(4)11-19(24)22-18-6-5-16(21)10-15(18)3/h5-10H,11-12H2,1-4H3,(H,22,24). The summed E-state index contributed by atoms with van der Waals surface area (Å²) in [7, 11) is 1.58. The smallest absolute Gasteiger partial charge is 0.260 e. The average Bonchev–Trinajstić information content (AvgIpc) is 2.54. The van der Waals surface area contributed by atoms with Crippen LogP contribution in [0.3, 0.4) is 0 Å². The van der Waals surface area contributed by atoms with Gasteiger partial charge in [-0.3, -0.25) is 9.59 Å². The number of carbonyl (C=O) groups excluding carboxylic acids is 2. The van der Waals surface area contributed by atoms with E-state index in [0.717, 1.165) is 26.9 Å². The number of aryl methyl sites for hydroxylation is 3. The second-order valence-electron chi connectivity index (χ2n) is 6.37. The molecule has 0 fully saturated rings. The lowest BCUT2D eigenvalue weighted by Crippen LogP contribution is -2.37. The van der Waals surface area contributed by atoms with Crippen LogP contribution in [0, 0.1) is 20.8 Å². The average molecular weight is 419 g/mol. The van der Waals surface area contributed by atoms with Crippen LogP contribution in [0.4, 0.5) is 5.69 Å². The van der Waals surface area contributed by atoms with Gasteiger partial charge >= 0.3 is 0 Å². The van der Waals surface area contributed by atoms with Gasteiger partial charge in [0, 0.05) is 17.2 Å². The lowest BCUT2D eigenvalue weighted by molar-refractivity contribution is -0.135. The van der Waals surface area contributed by atoms with Crippen molar-refractivity contribution >= 4 is 33.4 Å². The lowest BCUT2D eigenvalue weighted by Gasteiger charge is -2.18. The number of anilines is 1. The monoisotopic (exact) mass is 418 g/mol. The molecule has 2 aromatic carbocycles. The van der Waals surface area contributed by atoms with Crippen LogP contribution in [0.25, 0.3) is 0 Å². The summed E-state index contributed by atoms with van der Waals surface area (Å²) in [6, 6.07) is 11.4. The topological polar surface area (TPSA) is 58.6 Å². The Hall–Kier alpha value is -2.34. The highest BCUT2D eigenvalue weighted by Crippen LogP contribution is 2.20. The number of amides is 2. The van der Waals surface area contributed by atoms with Gasteiger partial charge in [-0.2, -0.15) is 0 Å². The molecule has 0 saturated carbocycles. The fourth-order valence-corrected chi connectivity index (χ4v) is 3.01. The number of hydrogen-bond acceptors (Lipinski definition) is 3. The van der Waals surface area contributed by atoms with Crippen molar-refractivity contribution in [2.24, 2.45) is 0 Å². The summed E-state index contributed by atoms with van der Waals surface area (Å²) < 4.78 is 6.50. The van der Waals surface area contributed by atoms with Crippen molar-refractivity contribution < 1.29 is 14.3 Å². The number of benzene rings is 2. The zero-order chi connectivity index (χ0) is 19.3. The van der Waals surface area contributed by atoms with Gasteiger partial charge in [-0.15, -0.1) is 0 Å². The zero-order valence-corrected chi connectivity index (χ0v) is 17.0. The zero-order valence-electron chi connectivity index (χ0n) is 15.4. The molecular formula is C20H23BrN2O3. The van der Waals surface area contributed by atoms with Crippen molar-refractivity contribution in [3.05, 3.63) is 57.6 Å². The molecule has 0 aromatic heterocycles. The normalized spacial score (nSPS) is 10.3. The van der Waals surface area contributed by atoms with Gasteiger partial charge in [0.15, 0.2) is 6.61 Å².